The van der Waals surface area contributed by atoms with E-state index in [0.29, 0.717) is 6.10 Å². The van der Waals surface area contributed by atoms with Gasteiger partial charge in [-0.05, 0) is 49.9 Å². The Labute approximate surface area is 147 Å². The Bertz CT molecular complexity index is 312. The van der Waals surface area contributed by atoms with Gasteiger partial charge in [0.15, 0.2) is 8.32 Å². The van der Waals surface area contributed by atoms with Crippen molar-refractivity contribution in [2.24, 2.45) is 0 Å². The molecule has 1 aliphatic carbocycles. The van der Waals surface area contributed by atoms with Crippen LogP contribution in [0, 0.1) is 0 Å². The summed E-state index contributed by atoms with van der Waals surface area (Å²) < 4.78 is 6.94. The SMILES string of the molecule is C/C=C1\CCCCCCCCCCC[C@@H]1O[Si](CC)(CC)CC. The molecule has 1 aliphatic rings. The lowest BCUT2D eigenvalue weighted by atomic mass is 9.98. The second kappa shape index (κ2) is 12.3. The maximum Gasteiger partial charge on any atom is 0.192 e. The molecule has 0 aromatic carbocycles. The van der Waals surface area contributed by atoms with Crippen LogP contribution in [0.5, 0.6) is 0 Å². The fraction of sp³-hybridized carbons (Fsp3) is 0.905. The van der Waals surface area contributed by atoms with Crippen molar-refractivity contribution in [3.05, 3.63) is 11.6 Å². The molecule has 0 heterocycles. The molecule has 0 aliphatic heterocycles. The van der Waals surface area contributed by atoms with E-state index in [9.17, 15) is 0 Å². The van der Waals surface area contributed by atoms with E-state index in [-0.39, 0.29) is 0 Å². The largest absolute Gasteiger partial charge is 0.410 e. The van der Waals surface area contributed by atoms with E-state index in [1.807, 2.05) is 0 Å². The second-order valence-electron chi connectivity index (χ2n) is 7.43. The Kier molecular flexibility index (Phi) is 11.2. The molecule has 0 bridgehead atoms. The Morgan fingerprint density at radius 3 is 1.78 bits per heavy atom. The maximum atomic E-state index is 6.94. The summed E-state index contributed by atoms with van der Waals surface area (Å²) in [7, 11) is -1.50. The highest BCUT2D eigenvalue weighted by atomic mass is 28.4. The van der Waals surface area contributed by atoms with Gasteiger partial charge in [0.1, 0.15) is 0 Å². The summed E-state index contributed by atoms with van der Waals surface area (Å²) in [6.07, 6.45) is 18.0. The van der Waals surface area contributed by atoms with Gasteiger partial charge < -0.3 is 4.43 Å². The van der Waals surface area contributed by atoms with Crippen molar-refractivity contribution in [3.8, 4) is 0 Å². The molecule has 0 aromatic rings. The first-order valence-corrected chi connectivity index (χ1v) is 13.1. The van der Waals surface area contributed by atoms with Crippen molar-refractivity contribution in [2.45, 2.75) is 123 Å². The summed E-state index contributed by atoms with van der Waals surface area (Å²) in [6, 6.07) is 3.81. The smallest absolute Gasteiger partial charge is 0.192 e. The third kappa shape index (κ3) is 7.56. The first-order valence-electron chi connectivity index (χ1n) is 10.5. The van der Waals surface area contributed by atoms with Crippen LogP contribution < -0.4 is 0 Å². The minimum atomic E-state index is -1.50. The van der Waals surface area contributed by atoms with E-state index < -0.39 is 8.32 Å². The first kappa shape index (κ1) is 21.0. The number of hydrogen-bond donors (Lipinski definition) is 0. The van der Waals surface area contributed by atoms with Crippen LogP contribution in [0.15, 0.2) is 11.6 Å². The molecule has 1 nitrogen and oxygen atoms in total. The van der Waals surface area contributed by atoms with Crippen molar-refractivity contribution < 1.29 is 4.43 Å². The Morgan fingerprint density at radius 1 is 0.826 bits per heavy atom. The summed E-state index contributed by atoms with van der Waals surface area (Å²) in [5, 5.41) is 0. The van der Waals surface area contributed by atoms with Gasteiger partial charge in [-0.1, -0.05) is 78.2 Å². The Morgan fingerprint density at radius 2 is 1.30 bits per heavy atom. The normalized spacial score (nSPS) is 24.7. The summed E-state index contributed by atoms with van der Waals surface area (Å²) in [4.78, 5) is 0. The standard InChI is InChI=1S/C21H42OSi/c1-5-20-18-16-14-12-10-9-11-13-15-17-19-21(20)22-23(6-2,7-3)8-4/h5,21H,6-19H2,1-4H3/b20-5+/t21-/m0/s1. The Hall–Kier alpha value is -0.0831. The average Bonchev–Trinajstić information content (AvgIpc) is 2.61. The van der Waals surface area contributed by atoms with Crippen LogP contribution in [0.1, 0.15) is 98.3 Å². The number of hydrogen-bond acceptors (Lipinski definition) is 1. The molecule has 0 saturated heterocycles. The average molecular weight is 339 g/mol. The highest BCUT2D eigenvalue weighted by Gasteiger charge is 2.32. The van der Waals surface area contributed by atoms with Gasteiger partial charge in [-0.25, -0.2) is 0 Å². The summed E-state index contributed by atoms with van der Waals surface area (Å²) in [6.45, 7) is 9.30. The fourth-order valence-electron chi connectivity index (χ4n) is 4.01. The van der Waals surface area contributed by atoms with Crippen LogP contribution in [-0.4, -0.2) is 14.4 Å². The molecule has 0 radical (unpaired) electrons. The zero-order valence-electron chi connectivity index (χ0n) is 16.5. The van der Waals surface area contributed by atoms with Gasteiger partial charge in [-0.3, -0.25) is 0 Å². The van der Waals surface area contributed by atoms with Gasteiger partial charge in [0, 0.05) is 0 Å². The molecule has 2 heteroatoms. The van der Waals surface area contributed by atoms with Crippen molar-refractivity contribution in [3.63, 3.8) is 0 Å². The van der Waals surface area contributed by atoms with Crippen LogP contribution in [0.4, 0.5) is 0 Å². The molecule has 136 valence electrons. The third-order valence-corrected chi connectivity index (χ3v) is 10.7. The molecule has 0 N–H and O–H groups in total. The monoisotopic (exact) mass is 338 g/mol. The predicted octanol–water partition coefficient (Wildman–Crippen LogP) is 7.63. The van der Waals surface area contributed by atoms with E-state index in [2.05, 4.69) is 33.8 Å². The molecule has 0 spiro atoms. The minimum absolute atomic E-state index is 0.423. The molecule has 1 fully saturated rings. The lowest BCUT2D eigenvalue weighted by molar-refractivity contribution is 0.201. The molecular weight excluding hydrogens is 296 g/mol. The van der Waals surface area contributed by atoms with Gasteiger partial charge in [-0.2, -0.15) is 0 Å². The molecule has 1 rings (SSSR count). The van der Waals surface area contributed by atoms with E-state index in [0.717, 1.165) is 0 Å². The van der Waals surface area contributed by atoms with E-state index in [1.54, 1.807) is 5.57 Å². The topological polar surface area (TPSA) is 9.23 Å². The van der Waals surface area contributed by atoms with E-state index in [4.69, 9.17) is 4.43 Å². The molecule has 0 aromatic heterocycles. The van der Waals surface area contributed by atoms with Gasteiger partial charge in [0.05, 0.1) is 6.10 Å². The highest BCUT2D eigenvalue weighted by molar-refractivity contribution is 6.73. The highest BCUT2D eigenvalue weighted by Crippen LogP contribution is 2.30. The van der Waals surface area contributed by atoms with Crippen LogP contribution in [0.3, 0.4) is 0 Å². The van der Waals surface area contributed by atoms with Crippen LogP contribution in [0.2, 0.25) is 18.1 Å². The summed E-state index contributed by atoms with van der Waals surface area (Å²) >= 11 is 0. The molecule has 1 saturated carbocycles. The lowest BCUT2D eigenvalue weighted by Gasteiger charge is -2.35. The third-order valence-electron chi connectivity index (χ3n) is 6.04. The Balaban J connectivity index is 2.77. The molecule has 1 atom stereocenters. The van der Waals surface area contributed by atoms with Gasteiger partial charge in [-0.15, -0.1) is 0 Å². The quantitative estimate of drug-likeness (QED) is 0.370. The predicted molar refractivity (Wildman–Crippen MR) is 107 cm³/mol. The van der Waals surface area contributed by atoms with Crippen molar-refractivity contribution in [1.29, 1.82) is 0 Å². The fourth-order valence-corrected chi connectivity index (χ4v) is 6.88. The van der Waals surface area contributed by atoms with Crippen LogP contribution >= 0.6 is 0 Å². The zero-order chi connectivity index (χ0) is 17.0. The minimum Gasteiger partial charge on any atom is -0.410 e. The van der Waals surface area contributed by atoms with Crippen LogP contribution in [-0.2, 0) is 4.43 Å². The summed E-state index contributed by atoms with van der Waals surface area (Å²) in [5.74, 6) is 0. The van der Waals surface area contributed by atoms with Gasteiger partial charge >= 0.3 is 0 Å². The van der Waals surface area contributed by atoms with Crippen molar-refractivity contribution in [2.75, 3.05) is 0 Å². The van der Waals surface area contributed by atoms with Gasteiger partial charge in [0.25, 0.3) is 0 Å². The van der Waals surface area contributed by atoms with E-state index >= 15 is 0 Å². The molecule has 0 amide bonds. The molecular formula is C21H42OSi. The second-order valence-corrected chi connectivity index (χ2v) is 12.2. The van der Waals surface area contributed by atoms with Crippen molar-refractivity contribution in [1.82, 2.24) is 0 Å². The van der Waals surface area contributed by atoms with Crippen LogP contribution in [0.25, 0.3) is 0 Å². The zero-order valence-corrected chi connectivity index (χ0v) is 17.5. The van der Waals surface area contributed by atoms with Gasteiger partial charge in [0.2, 0.25) is 0 Å². The van der Waals surface area contributed by atoms with Crippen molar-refractivity contribution >= 4 is 8.32 Å². The lowest BCUT2D eigenvalue weighted by Crippen LogP contribution is -2.40. The molecule has 23 heavy (non-hydrogen) atoms. The number of allylic oxidation sites excluding steroid dienone is 1. The van der Waals surface area contributed by atoms with E-state index in [1.165, 1.54) is 88.8 Å². The summed E-state index contributed by atoms with van der Waals surface area (Å²) in [5.41, 5.74) is 1.61. The maximum absolute atomic E-state index is 6.94. The first-order chi connectivity index (χ1) is 11.2. The molecule has 0 unspecified atom stereocenters. The number of rotatable bonds is 5.